The summed E-state index contributed by atoms with van der Waals surface area (Å²) in [5.74, 6) is 4.05. The van der Waals surface area contributed by atoms with E-state index in [1.54, 1.807) is 0 Å². The summed E-state index contributed by atoms with van der Waals surface area (Å²) < 4.78 is 0. The lowest BCUT2D eigenvalue weighted by Crippen LogP contribution is -2.43. The number of hydrogen-bond acceptors (Lipinski definition) is 1. The summed E-state index contributed by atoms with van der Waals surface area (Å²) >= 11 is 0. The molecular formula is C19H37N. The molecule has 2 rings (SSSR count). The summed E-state index contributed by atoms with van der Waals surface area (Å²) in [6.45, 7) is 10.6. The van der Waals surface area contributed by atoms with Gasteiger partial charge in [-0.05, 0) is 70.3 Å². The van der Waals surface area contributed by atoms with E-state index in [9.17, 15) is 0 Å². The third kappa shape index (κ3) is 4.76. The molecule has 4 unspecified atom stereocenters. The SMILES string of the molecule is CCC1CCCC(C2CCCCC2CNC(C)(C)C)C1. The lowest BCUT2D eigenvalue weighted by atomic mass is 9.65. The van der Waals surface area contributed by atoms with E-state index in [4.69, 9.17) is 0 Å². The normalized spacial score (nSPS) is 36.0. The van der Waals surface area contributed by atoms with Crippen LogP contribution in [0.15, 0.2) is 0 Å². The van der Waals surface area contributed by atoms with E-state index in [0.29, 0.717) is 0 Å². The minimum Gasteiger partial charge on any atom is -0.312 e. The first-order valence-corrected chi connectivity index (χ1v) is 9.24. The van der Waals surface area contributed by atoms with Crippen LogP contribution in [0, 0.1) is 23.7 Å². The Labute approximate surface area is 127 Å². The lowest BCUT2D eigenvalue weighted by molar-refractivity contribution is 0.100. The molecule has 0 aromatic carbocycles. The number of nitrogens with one attached hydrogen (secondary N) is 1. The third-order valence-electron chi connectivity index (χ3n) is 5.87. The average Bonchev–Trinajstić information content (AvgIpc) is 2.45. The van der Waals surface area contributed by atoms with Gasteiger partial charge in [0.25, 0.3) is 0 Å². The van der Waals surface area contributed by atoms with Gasteiger partial charge in [-0.1, -0.05) is 45.4 Å². The second-order valence-electron chi connectivity index (χ2n) is 8.54. The topological polar surface area (TPSA) is 12.0 Å². The predicted molar refractivity (Wildman–Crippen MR) is 88.9 cm³/mol. The highest BCUT2D eigenvalue weighted by Crippen LogP contribution is 2.43. The number of hydrogen-bond donors (Lipinski definition) is 1. The van der Waals surface area contributed by atoms with Gasteiger partial charge in [0.15, 0.2) is 0 Å². The van der Waals surface area contributed by atoms with Crippen LogP contribution in [0.4, 0.5) is 0 Å². The summed E-state index contributed by atoms with van der Waals surface area (Å²) in [5, 5.41) is 3.79. The molecule has 118 valence electrons. The molecule has 0 spiro atoms. The lowest BCUT2D eigenvalue weighted by Gasteiger charge is -2.42. The molecule has 2 aliphatic carbocycles. The molecule has 4 atom stereocenters. The van der Waals surface area contributed by atoms with Crippen LogP contribution in [0.1, 0.15) is 85.5 Å². The molecule has 0 aromatic rings. The zero-order valence-electron chi connectivity index (χ0n) is 14.4. The molecular weight excluding hydrogens is 242 g/mol. The molecule has 0 amide bonds. The van der Waals surface area contributed by atoms with Crippen molar-refractivity contribution in [3.63, 3.8) is 0 Å². The van der Waals surface area contributed by atoms with Crippen LogP contribution >= 0.6 is 0 Å². The van der Waals surface area contributed by atoms with Crippen molar-refractivity contribution in [3.8, 4) is 0 Å². The second-order valence-corrected chi connectivity index (χ2v) is 8.54. The van der Waals surface area contributed by atoms with Crippen molar-refractivity contribution in [2.45, 2.75) is 91.0 Å². The van der Waals surface area contributed by atoms with E-state index in [1.807, 2.05) is 0 Å². The fraction of sp³-hybridized carbons (Fsp3) is 1.00. The van der Waals surface area contributed by atoms with Crippen molar-refractivity contribution >= 4 is 0 Å². The van der Waals surface area contributed by atoms with Crippen molar-refractivity contribution in [2.75, 3.05) is 6.54 Å². The standard InChI is InChI=1S/C19H37N/c1-5-15-9-8-11-16(13-15)18-12-7-6-10-17(18)14-20-19(2,3)4/h15-18,20H,5-14H2,1-4H3. The summed E-state index contributed by atoms with van der Waals surface area (Å²) in [5.41, 5.74) is 0.278. The highest BCUT2D eigenvalue weighted by Gasteiger charge is 2.34. The Balaban J connectivity index is 1.92. The summed E-state index contributed by atoms with van der Waals surface area (Å²) in [7, 11) is 0. The Morgan fingerprint density at radius 3 is 2.40 bits per heavy atom. The predicted octanol–water partition coefficient (Wildman–Crippen LogP) is 5.40. The van der Waals surface area contributed by atoms with Gasteiger partial charge < -0.3 is 5.32 Å². The Bertz CT molecular complexity index is 278. The first-order chi connectivity index (χ1) is 9.49. The molecule has 0 aliphatic heterocycles. The molecule has 20 heavy (non-hydrogen) atoms. The van der Waals surface area contributed by atoms with Crippen LogP contribution in [0.2, 0.25) is 0 Å². The van der Waals surface area contributed by atoms with Gasteiger partial charge in [0.2, 0.25) is 0 Å². The van der Waals surface area contributed by atoms with Crippen molar-refractivity contribution in [3.05, 3.63) is 0 Å². The molecule has 0 saturated heterocycles. The number of rotatable bonds is 4. The van der Waals surface area contributed by atoms with E-state index < -0.39 is 0 Å². The van der Waals surface area contributed by atoms with Gasteiger partial charge >= 0.3 is 0 Å². The van der Waals surface area contributed by atoms with E-state index in [0.717, 1.165) is 23.7 Å². The molecule has 0 heterocycles. The van der Waals surface area contributed by atoms with E-state index in [2.05, 4.69) is 33.0 Å². The van der Waals surface area contributed by atoms with Crippen molar-refractivity contribution in [1.29, 1.82) is 0 Å². The molecule has 2 saturated carbocycles. The smallest absolute Gasteiger partial charge is 0.00966 e. The third-order valence-corrected chi connectivity index (χ3v) is 5.87. The maximum Gasteiger partial charge on any atom is 0.00966 e. The monoisotopic (exact) mass is 279 g/mol. The molecule has 0 bridgehead atoms. The van der Waals surface area contributed by atoms with Crippen molar-refractivity contribution in [1.82, 2.24) is 5.32 Å². The largest absolute Gasteiger partial charge is 0.312 e. The second kappa shape index (κ2) is 7.29. The first kappa shape index (κ1) is 16.3. The molecule has 2 fully saturated rings. The molecule has 0 aromatic heterocycles. The van der Waals surface area contributed by atoms with Crippen LogP contribution in [-0.2, 0) is 0 Å². The highest BCUT2D eigenvalue weighted by molar-refractivity contribution is 4.87. The maximum atomic E-state index is 3.79. The highest BCUT2D eigenvalue weighted by atomic mass is 14.9. The summed E-state index contributed by atoms with van der Waals surface area (Å²) in [4.78, 5) is 0. The van der Waals surface area contributed by atoms with Gasteiger partial charge in [0.05, 0.1) is 0 Å². The Kier molecular flexibility index (Phi) is 5.95. The quantitative estimate of drug-likeness (QED) is 0.727. The van der Waals surface area contributed by atoms with Crippen molar-refractivity contribution < 1.29 is 0 Å². The minimum atomic E-state index is 0.278. The maximum absolute atomic E-state index is 3.79. The van der Waals surface area contributed by atoms with Crippen molar-refractivity contribution in [2.24, 2.45) is 23.7 Å². The average molecular weight is 280 g/mol. The molecule has 1 heteroatoms. The molecule has 1 N–H and O–H groups in total. The summed E-state index contributed by atoms with van der Waals surface area (Å²) in [6, 6.07) is 0. The van der Waals surface area contributed by atoms with E-state index >= 15 is 0 Å². The fourth-order valence-electron chi connectivity index (χ4n) is 4.64. The fourth-order valence-corrected chi connectivity index (χ4v) is 4.64. The van der Waals surface area contributed by atoms with Gasteiger partial charge in [-0.3, -0.25) is 0 Å². The molecule has 2 aliphatic rings. The Morgan fingerprint density at radius 2 is 1.70 bits per heavy atom. The summed E-state index contributed by atoms with van der Waals surface area (Å²) in [6.07, 6.45) is 13.4. The van der Waals surface area contributed by atoms with Gasteiger partial charge in [-0.2, -0.15) is 0 Å². The van der Waals surface area contributed by atoms with Crippen LogP contribution in [0.25, 0.3) is 0 Å². The van der Waals surface area contributed by atoms with Gasteiger partial charge in [0, 0.05) is 5.54 Å². The molecule has 0 radical (unpaired) electrons. The molecule has 1 nitrogen and oxygen atoms in total. The van der Waals surface area contributed by atoms with Crippen LogP contribution in [-0.4, -0.2) is 12.1 Å². The minimum absolute atomic E-state index is 0.278. The van der Waals surface area contributed by atoms with E-state index in [1.165, 1.54) is 64.3 Å². The Hall–Kier alpha value is -0.0400. The van der Waals surface area contributed by atoms with Gasteiger partial charge in [-0.15, -0.1) is 0 Å². The zero-order valence-corrected chi connectivity index (χ0v) is 14.4. The Morgan fingerprint density at radius 1 is 0.950 bits per heavy atom. The van der Waals surface area contributed by atoms with Gasteiger partial charge in [-0.25, -0.2) is 0 Å². The van der Waals surface area contributed by atoms with E-state index in [-0.39, 0.29) is 5.54 Å². The zero-order chi connectivity index (χ0) is 14.6. The van der Waals surface area contributed by atoms with Gasteiger partial charge in [0.1, 0.15) is 0 Å². The van der Waals surface area contributed by atoms with Crippen LogP contribution in [0.5, 0.6) is 0 Å². The first-order valence-electron chi connectivity index (χ1n) is 9.24. The van der Waals surface area contributed by atoms with Crippen LogP contribution in [0.3, 0.4) is 0 Å². The van der Waals surface area contributed by atoms with Crippen LogP contribution < -0.4 is 5.32 Å².